The van der Waals surface area contributed by atoms with Crippen LogP contribution in [0.25, 0.3) is 0 Å². The van der Waals surface area contributed by atoms with E-state index in [0.717, 1.165) is 0 Å². The third-order valence-electron chi connectivity index (χ3n) is 6.94. The van der Waals surface area contributed by atoms with Crippen LogP contribution in [0.4, 0.5) is 0 Å². The monoisotopic (exact) mass is 602 g/mol. The molecule has 19 nitrogen and oxygen atoms in total. The van der Waals surface area contributed by atoms with Crippen molar-refractivity contribution in [2.45, 2.75) is 98.7 Å². The van der Waals surface area contributed by atoms with Crippen LogP contribution in [0.5, 0.6) is 0 Å². The molecule has 0 saturated carbocycles. The summed E-state index contributed by atoms with van der Waals surface area (Å²) >= 11 is 0. The van der Waals surface area contributed by atoms with E-state index in [9.17, 15) is 60.3 Å². The Balaban J connectivity index is 1.80. The number of ether oxygens (including phenoxy) is 6. The minimum absolute atomic E-state index is 0.682. The molecule has 0 aromatic carbocycles. The van der Waals surface area contributed by atoms with E-state index in [1.807, 2.05) is 0 Å². The molecule has 3 heterocycles. The number of aliphatic hydroxyl groups excluding tert-OH is 7. The van der Waals surface area contributed by atoms with Crippen molar-refractivity contribution >= 4 is 17.9 Å². The van der Waals surface area contributed by atoms with E-state index in [2.05, 4.69) is 0 Å². The van der Waals surface area contributed by atoms with E-state index in [4.69, 9.17) is 33.5 Å². The molecule has 3 aliphatic heterocycles. The summed E-state index contributed by atoms with van der Waals surface area (Å²) < 4.78 is 32.6. The van der Waals surface area contributed by atoms with Gasteiger partial charge in [-0.15, -0.1) is 0 Å². The minimum Gasteiger partial charge on any atom is -0.481 e. The van der Waals surface area contributed by atoms with Crippen LogP contribution in [0.2, 0.25) is 0 Å². The van der Waals surface area contributed by atoms with Crippen molar-refractivity contribution in [3.8, 4) is 0 Å². The van der Waals surface area contributed by atoms with E-state index in [-0.39, 0.29) is 0 Å². The number of carboxylic acid groups (broad SMARTS) is 3. The Kier molecular flexibility index (Phi) is 11.3. The van der Waals surface area contributed by atoms with Crippen molar-refractivity contribution in [1.82, 2.24) is 0 Å². The average Bonchev–Trinajstić information content (AvgIpc) is 3.48. The lowest BCUT2D eigenvalue weighted by molar-refractivity contribution is -0.264. The van der Waals surface area contributed by atoms with Gasteiger partial charge < -0.3 is 79.5 Å². The first-order valence-corrected chi connectivity index (χ1v) is 12.5. The molecule has 10 N–H and O–H groups in total. The van der Waals surface area contributed by atoms with Gasteiger partial charge in [0, 0.05) is 6.42 Å². The zero-order valence-electron chi connectivity index (χ0n) is 21.3. The van der Waals surface area contributed by atoms with Crippen LogP contribution in [0.3, 0.4) is 0 Å². The predicted molar refractivity (Wildman–Crippen MR) is 122 cm³/mol. The van der Waals surface area contributed by atoms with Crippen LogP contribution >= 0.6 is 0 Å². The van der Waals surface area contributed by atoms with Crippen LogP contribution in [0.1, 0.15) is 19.3 Å². The molecule has 0 bridgehead atoms. The average molecular weight is 602 g/mol. The fourth-order valence-corrected chi connectivity index (χ4v) is 4.71. The van der Waals surface area contributed by atoms with Crippen LogP contribution in [0, 0.1) is 0 Å². The summed E-state index contributed by atoms with van der Waals surface area (Å²) in [5.41, 5.74) is -2.67. The maximum absolute atomic E-state index is 12.0. The first-order chi connectivity index (χ1) is 19.3. The number of carbonyl (C=O) groups is 3. The van der Waals surface area contributed by atoms with Crippen LogP contribution in [-0.2, 0) is 42.8 Å². The molecule has 0 aromatic heterocycles. The Morgan fingerprint density at radius 1 is 0.634 bits per heavy atom. The van der Waals surface area contributed by atoms with Crippen molar-refractivity contribution in [2.75, 3.05) is 19.8 Å². The number of carboxylic acids is 3. The van der Waals surface area contributed by atoms with E-state index >= 15 is 0 Å². The van der Waals surface area contributed by atoms with Crippen molar-refractivity contribution in [1.29, 1.82) is 0 Å². The molecule has 0 aromatic rings. The lowest BCUT2D eigenvalue weighted by Gasteiger charge is -2.32. The standard InChI is InChI=1S/C22H34O19/c23-4-7-12(30)14(32)18(36-7)40-17-13(31)8(5-24)37-20(17)39-16-9(6-25)38-19(15(16)33)41-22(21(34)35,3-11(28)29)2-1-10(26)27/h7-9,12-20,23-25,30-33H,1-6H2,(H,26,27)(H,28,29)(H,34,35)/t7-,8-,9-,12-,13-,14-,15-,16-,17-,18+,19+,20+,22?/m1/s1. The van der Waals surface area contributed by atoms with Gasteiger partial charge in [-0.1, -0.05) is 0 Å². The summed E-state index contributed by atoms with van der Waals surface area (Å²) in [7, 11) is 0. The Morgan fingerprint density at radius 2 is 1.17 bits per heavy atom. The molecule has 0 amide bonds. The maximum Gasteiger partial charge on any atom is 0.336 e. The second kappa shape index (κ2) is 13.9. The van der Waals surface area contributed by atoms with E-state index in [1.54, 1.807) is 0 Å². The first kappa shape index (κ1) is 33.4. The normalized spacial score (nSPS) is 40.5. The summed E-state index contributed by atoms with van der Waals surface area (Å²) in [6, 6.07) is 0. The van der Waals surface area contributed by atoms with Gasteiger partial charge in [-0.05, 0) is 6.42 Å². The topological polar surface area (TPSA) is 309 Å². The summed E-state index contributed by atoms with van der Waals surface area (Å²) in [6.45, 7) is -2.30. The number of hydrogen-bond donors (Lipinski definition) is 10. The van der Waals surface area contributed by atoms with Gasteiger partial charge in [0.15, 0.2) is 24.5 Å². The number of aliphatic hydroxyl groups is 7. The van der Waals surface area contributed by atoms with Crippen molar-refractivity contribution in [3.63, 3.8) is 0 Å². The molecule has 3 saturated heterocycles. The molecule has 3 fully saturated rings. The largest absolute Gasteiger partial charge is 0.481 e. The maximum atomic E-state index is 12.0. The van der Waals surface area contributed by atoms with Gasteiger partial charge in [-0.2, -0.15) is 0 Å². The summed E-state index contributed by atoms with van der Waals surface area (Å²) in [5.74, 6) is -4.98. The van der Waals surface area contributed by atoms with Gasteiger partial charge in [0.05, 0.1) is 26.2 Å². The zero-order valence-corrected chi connectivity index (χ0v) is 21.3. The van der Waals surface area contributed by atoms with Crippen molar-refractivity contribution in [3.05, 3.63) is 0 Å². The van der Waals surface area contributed by atoms with E-state index in [1.165, 1.54) is 0 Å². The van der Waals surface area contributed by atoms with Gasteiger partial charge >= 0.3 is 17.9 Å². The number of rotatable bonds is 15. The predicted octanol–water partition coefficient (Wildman–Crippen LogP) is -5.47. The Bertz CT molecular complexity index is 917. The molecule has 0 aliphatic carbocycles. The Morgan fingerprint density at radius 3 is 1.68 bits per heavy atom. The van der Waals surface area contributed by atoms with Crippen molar-refractivity contribution < 1.29 is 93.9 Å². The van der Waals surface area contributed by atoms with Gasteiger partial charge in [0.2, 0.25) is 0 Å². The molecule has 41 heavy (non-hydrogen) atoms. The van der Waals surface area contributed by atoms with Gasteiger partial charge in [-0.25, -0.2) is 4.79 Å². The molecule has 0 radical (unpaired) electrons. The van der Waals surface area contributed by atoms with Crippen LogP contribution in [0.15, 0.2) is 0 Å². The summed E-state index contributed by atoms with van der Waals surface area (Å²) in [6.07, 6.45) is -22.1. The Hall–Kier alpha value is -2.11. The highest BCUT2D eigenvalue weighted by atomic mass is 16.8. The van der Waals surface area contributed by atoms with Gasteiger partial charge in [0.1, 0.15) is 54.9 Å². The zero-order chi connectivity index (χ0) is 30.6. The molecule has 19 heteroatoms. The molecule has 1 unspecified atom stereocenters. The molecule has 3 rings (SSSR count). The molecule has 3 aliphatic rings. The molecule has 13 atom stereocenters. The van der Waals surface area contributed by atoms with Gasteiger partial charge in [-0.3, -0.25) is 9.59 Å². The summed E-state index contributed by atoms with van der Waals surface area (Å²) in [4.78, 5) is 34.5. The molecule has 236 valence electrons. The molecular weight excluding hydrogens is 568 g/mol. The SMILES string of the molecule is O=C(O)CCC(CC(=O)O)(O[C@@H]1O[C@H](CO)[C@@H](O[C@@H]2O[C@H](CO)[C@@H](O)[C@H]2O[C@@H]2O[C@H](CO)[C@@H](O)[C@H]2O)[C@H]1O)C(=O)O. The lowest BCUT2D eigenvalue weighted by atomic mass is 9.93. The number of hydrogen-bond acceptors (Lipinski definition) is 16. The van der Waals surface area contributed by atoms with Crippen LogP contribution < -0.4 is 0 Å². The van der Waals surface area contributed by atoms with E-state index < -0.39 is 136 Å². The lowest BCUT2D eigenvalue weighted by Crippen LogP contribution is -2.50. The highest BCUT2D eigenvalue weighted by molar-refractivity contribution is 5.84. The van der Waals surface area contributed by atoms with Crippen molar-refractivity contribution in [2.24, 2.45) is 0 Å². The van der Waals surface area contributed by atoms with E-state index in [0.29, 0.717) is 0 Å². The highest BCUT2D eigenvalue weighted by Crippen LogP contribution is 2.36. The second-order valence-electron chi connectivity index (χ2n) is 9.72. The fourth-order valence-electron chi connectivity index (χ4n) is 4.71. The fraction of sp³-hybridized carbons (Fsp3) is 0.864. The summed E-state index contributed by atoms with van der Waals surface area (Å²) in [5, 5.41) is 98.3. The Labute approximate surface area is 230 Å². The minimum atomic E-state index is -2.67. The molecule has 0 spiro atoms. The van der Waals surface area contributed by atoms with Gasteiger partial charge in [0.25, 0.3) is 0 Å². The quantitative estimate of drug-likeness (QED) is 0.0835. The highest BCUT2D eigenvalue weighted by Gasteiger charge is 2.56. The smallest absolute Gasteiger partial charge is 0.336 e. The number of aliphatic carboxylic acids is 3. The third kappa shape index (κ3) is 7.28. The third-order valence-corrected chi connectivity index (χ3v) is 6.94. The van der Waals surface area contributed by atoms with Crippen LogP contribution in [-0.4, -0.2) is 168 Å². The molecular formula is C22H34O19. The first-order valence-electron chi connectivity index (χ1n) is 12.5. The second-order valence-corrected chi connectivity index (χ2v) is 9.72.